The van der Waals surface area contributed by atoms with Crippen molar-refractivity contribution in [2.75, 3.05) is 0 Å². The van der Waals surface area contributed by atoms with Crippen LogP contribution in [-0.4, -0.2) is 5.78 Å². The van der Waals surface area contributed by atoms with Crippen LogP contribution in [0.25, 0.3) is 0 Å². The summed E-state index contributed by atoms with van der Waals surface area (Å²) in [6.45, 7) is 1.81. The Morgan fingerprint density at radius 1 is 1.24 bits per heavy atom. The molecular weight excluding hydrogens is 289 g/mol. The average molecular weight is 306 g/mol. The van der Waals surface area contributed by atoms with Crippen LogP contribution < -0.4 is 5.73 Å². The van der Waals surface area contributed by atoms with E-state index in [1.165, 1.54) is 12.1 Å². The second kappa shape index (κ2) is 6.83. The zero-order valence-corrected chi connectivity index (χ0v) is 12.5. The molecule has 21 heavy (non-hydrogen) atoms. The minimum absolute atomic E-state index is 0.00836. The van der Waals surface area contributed by atoms with Crippen molar-refractivity contribution in [3.8, 4) is 0 Å². The van der Waals surface area contributed by atoms with Gasteiger partial charge in [-0.2, -0.15) is 0 Å². The van der Waals surface area contributed by atoms with Gasteiger partial charge in [0.05, 0.1) is 5.02 Å². The number of halogens is 2. The number of hydrogen-bond donors (Lipinski definition) is 1. The van der Waals surface area contributed by atoms with Crippen LogP contribution in [0.15, 0.2) is 48.5 Å². The summed E-state index contributed by atoms with van der Waals surface area (Å²) in [5.41, 5.74) is 7.76. The zero-order chi connectivity index (χ0) is 15.4. The molecule has 0 bridgehead atoms. The van der Waals surface area contributed by atoms with Crippen LogP contribution in [0, 0.1) is 11.7 Å². The normalized spacial score (nSPS) is 13.7. The Labute approximate surface area is 128 Å². The van der Waals surface area contributed by atoms with E-state index in [4.69, 9.17) is 17.3 Å². The van der Waals surface area contributed by atoms with Gasteiger partial charge in [-0.15, -0.1) is 0 Å². The molecule has 0 fully saturated rings. The third-order valence-electron chi connectivity index (χ3n) is 3.59. The molecule has 0 spiro atoms. The molecule has 0 saturated heterocycles. The minimum atomic E-state index is -0.484. The maximum absolute atomic E-state index is 13.1. The first-order chi connectivity index (χ1) is 9.99. The number of carbonyl (C=O) groups is 1. The predicted molar refractivity (Wildman–Crippen MR) is 82.7 cm³/mol. The van der Waals surface area contributed by atoms with E-state index in [1.54, 1.807) is 6.07 Å². The molecule has 0 radical (unpaired) electrons. The lowest BCUT2D eigenvalue weighted by Gasteiger charge is -2.19. The molecule has 4 heteroatoms. The van der Waals surface area contributed by atoms with Crippen LogP contribution in [0.1, 0.15) is 24.1 Å². The van der Waals surface area contributed by atoms with Crippen molar-refractivity contribution in [1.82, 2.24) is 0 Å². The van der Waals surface area contributed by atoms with E-state index in [1.807, 2.05) is 37.3 Å². The smallest absolute Gasteiger partial charge is 0.141 e. The van der Waals surface area contributed by atoms with Gasteiger partial charge in [0, 0.05) is 18.4 Å². The fraction of sp³-hybridized carbons (Fsp3) is 0.235. The molecule has 2 rings (SSSR count). The molecular formula is C17H17ClFNO. The van der Waals surface area contributed by atoms with Crippen molar-refractivity contribution in [2.45, 2.75) is 19.4 Å². The molecule has 0 aliphatic heterocycles. The van der Waals surface area contributed by atoms with Gasteiger partial charge in [-0.05, 0) is 23.3 Å². The first-order valence-corrected chi connectivity index (χ1v) is 7.14. The summed E-state index contributed by atoms with van der Waals surface area (Å²) in [6.07, 6.45) is 0.196. The number of hydrogen-bond acceptors (Lipinski definition) is 2. The van der Waals surface area contributed by atoms with Gasteiger partial charge in [-0.3, -0.25) is 4.79 Å². The standard InChI is InChI=1S/C17H17ClFNO/c1-11(17(20)13-5-3-2-4-6-13)16(21)10-12-7-8-15(19)14(18)9-12/h2-9,11,17H,10,20H2,1H3. The largest absolute Gasteiger partial charge is 0.323 e. The van der Waals surface area contributed by atoms with Gasteiger partial charge in [0.25, 0.3) is 0 Å². The number of Topliss-reactive ketones (excluding diaryl/α,β-unsaturated/α-hetero) is 1. The lowest BCUT2D eigenvalue weighted by Crippen LogP contribution is -2.27. The van der Waals surface area contributed by atoms with Crippen molar-refractivity contribution in [2.24, 2.45) is 11.7 Å². The number of nitrogens with two attached hydrogens (primary N) is 1. The molecule has 110 valence electrons. The second-order valence-corrected chi connectivity index (χ2v) is 5.52. The fourth-order valence-corrected chi connectivity index (χ4v) is 2.38. The van der Waals surface area contributed by atoms with Crippen LogP contribution in [-0.2, 0) is 11.2 Å². The highest BCUT2D eigenvalue weighted by Gasteiger charge is 2.22. The summed E-state index contributed by atoms with van der Waals surface area (Å²) < 4.78 is 13.1. The molecule has 0 amide bonds. The van der Waals surface area contributed by atoms with Crippen molar-refractivity contribution < 1.29 is 9.18 Å². The second-order valence-electron chi connectivity index (χ2n) is 5.12. The van der Waals surface area contributed by atoms with Gasteiger partial charge in [0.2, 0.25) is 0 Å². The van der Waals surface area contributed by atoms with E-state index in [0.29, 0.717) is 5.56 Å². The summed E-state index contributed by atoms with van der Waals surface area (Å²) in [7, 11) is 0. The fourth-order valence-electron chi connectivity index (χ4n) is 2.18. The number of ketones is 1. The van der Waals surface area contributed by atoms with Gasteiger partial charge in [0.1, 0.15) is 11.6 Å². The predicted octanol–water partition coefficient (Wildman–Crippen LogP) is 3.93. The summed E-state index contributed by atoms with van der Waals surface area (Å²) in [4.78, 5) is 12.3. The first kappa shape index (κ1) is 15.7. The molecule has 0 aromatic heterocycles. The topological polar surface area (TPSA) is 43.1 Å². The van der Waals surface area contributed by atoms with Crippen LogP contribution in [0.2, 0.25) is 5.02 Å². The van der Waals surface area contributed by atoms with Crippen LogP contribution >= 0.6 is 11.6 Å². The van der Waals surface area contributed by atoms with E-state index in [2.05, 4.69) is 0 Å². The van der Waals surface area contributed by atoms with Crippen molar-refractivity contribution in [3.63, 3.8) is 0 Å². The zero-order valence-electron chi connectivity index (χ0n) is 11.7. The van der Waals surface area contributed by atoms with Crippen LogP contribution in [0.5, 0.6) is 0 Å². The average Bonchev–Trinajstić information content (AvgIpc) is 2.50. The summed E-state index contributed by atoms with van der Waals surface area (Å²) in [5.74, 6) is -0.799. The number of benzene rings is 2. The van der Waals surface area contributed by atoms with Gasteiger partial charge in [0.15, 0.2) is 0 Å². The molecule has 2 aromatic rings. The Kier molecular flexibility index (Phi) is 5.10. The molecule has 2 nitrogen and oxygen atoms in total. The third kappa shape index (κ3) is 3.90. The van der Waals surface area contributed by atoms with Gasteiger partial charge in [-0.25, -0.2) is 4.39 Å². The first-order valence-electron chi connectivity index (χ1n) is 6.76. The quantitative estimate of drug-likeness (QED) is 0.909. The van der Waals surface area contributed by atoms with Crippen LogP contribution in [0.3, 0.4) is 0 Å². The van der Waals surface area contributed by atoms with Gasteiger partial charge >= 0.3 is 0 Å². The van der Waals surface area contributed by atoms with Gasteiger partial charge in [-0.1, -0.05) is 54.9 Å². The van der Waals surface area contributed by atoms with E-state index in [0.717, 1.165) is 5.56 Å². The highest BCUT2D eigenvalue weighted by molar-refractivity contribution is 6.30. The molecule has 2 unspecified atom stereocenters. The monoisotopic (exact) mass is 305 g/mol. The summed E-state index contributed by atoms with van der Waals surface area (Å²) in [6, 6.07) is 13.5. The maximum atomic E-state index is 13.1. The molecule has 2 atom stereocenters. The number of carbonyl (C=O) groups excluding carboxylic acids is 1. The van der Waals surface area contributed by atoms with Crippen molar-refractivity contribution in [3.05, 3.63) is 70.5 Å². The van der Waals surface area contributed by atoms with E-state index in [-0.39, 0.29) is 29.2 Å². The molecule has 0 aliphatic carbocycles. The summed E-state index contributed by atoms with van der Waals surface area (Å²) >= 11 is 5.72. The Morgan fingerprint density at radius 3 is 2.52 bits per heavy atom. The number of rotatable bonds is 5. The molecule has 0 saturated carbocycles. The summed E-state index contributed by atoms with van der Waals surface area (Å²) in [5, 5.41) is 0.0281. The van der Waals surface area contributed by atoms with E-state index >= 15 is 0 Å². The van der Waals surface area contributed by atoms with Crippen LogP contribution in [0.4, 0.5) is 4.39 Å². The third-order valence-corrected chi connectivity index (χ3v) is 3.88. The molecule has 2 N–H and O–H groups in total. The Morgan fingerprint density at radius 2 is 1.90 bits per heavy atom. The lowest BCUT2D eigenvalue weighted by atomic mass is 9.89. The van der Waals surface area contributed by atoms with Crippen molar-refractivity contribution in [1.29, 1.82) is 0 Å². The Bertz CT molecular complexity index is 630. The molecule has 0 aliphatic rings. The highest BCUT2D eigenvalue weighted by Crippen LogP contribution is 2.22. The highest BCUT2D eigenvalue weighted by atomic mass is 35.5. The Hall–Kier alpha value is -1.71. The van der Waals surface area contributed by atoms with Crippen molar-refractivity contribution >= 4 is 17.4 Å². The van der Waals surface area contributed by atoms with E-state index < -0.39 is 5.82 Å². The van der Waals surface area contributed by atoms with E-state index in [9.17, 15) is 9.18 Å². The lowest BCUT2D eigenvalue weighted by molar-refractivity contribution is -0.122. The SMILES string of the molecule is CC(C(=O)Cc1ccc(F)c(Cl)c1)C(N)c1ccccc1. The Balaban J connectivity index is 2.07. The maximum Gasteiger partial charge on any atom is 0.141 e. The molecule has 2 aromatic carbocycles. The molecule has 0 heterocycles. The minimum Gasteiger partial charge on any atom is -0.323 e. The van der Waals surface area contributed by atoms with Gasteiger partial charge < -0.3 is 5.73 Å².